The van der Waals surface area contributed by atoms with Gasteiger partial charge < -0.3 is 0 Å². The molecule has 0 saturated heterocycles. The molecule has 0 atom stereocenters. The van der Waals surface area contributed by atoms with Crippen LogP contribution in [0.5, 0.6) is 0 Å². The van der Waals surface area contributed by atoms with Crippen LogP contribution in [0.1, 0.15) is 16.7 Å². The number of fused-ring (bicyclic) bond motifs is 1. The first-order valence-corrected chi connectivity index (χ1v) is 4.45. The number of rotatable bonds is 0. The van der Waals surface area contributed by atoms with Gasteiger partial charge in [-0.3, -0.25) is 4.99 Å². The van der Waals surface area contributed by atoms with Crippen LogP contribution in [-0.2, 0) is 6.42 Å². The van der Waals surface area contributed by atoms with E-state index in [-0.39, 0.29) is 0 Å². The maximum atomic E-state index is 5.97. The van der Waals surface area contributed by atoms with Gasteiger partial charge in [0.05, 0.1) is 0 Å². The third-order valence-corrected chi connectivity index (χ3v) is 2.44. The molecule has 0 bridgehead atoms. The van der Waals surface area contributed by atoms with Gasteiger partial charge in [-0.25, -0.2) is 0 Å². The summed E-state index contributed by atoms with van der Waals surface area (Å²) in [6.07, 6.45) is 1.02. The van der Waals surface area contributed by atoms with Crippen LogP contribution in [0.3, 0.4) is 0 Å². The average Bonchev–Trinajstić information content (AvgIpc) is 2.07. The monoisotopic (exact) mass is 179 g/mol. The van der Waals surface area contributed by atoms with E-state index >= 15 is 0 Å². The minimum Gasteiger partial charge on any atom is -0.272 e. The fourth-order valence-corrected chi connectivity index (χ4v) is 1.72. The molecule has 0 radical (unpaired) electrons. The minimum absolute atomic E-state index is 0.667. The van der Waals surface area contributed by atoms with Gasteiger partial charge in [0, 0.05) is 12.1 Å². The second kappa shape index (κ2) is 2.91. The molecular weight excluding hydrogens is 170 g/mol. The molecule has 0 unspecified atom stereocenters. The number of hydrogen-bond acceptors (Lipinski definition) is 1. The largest absolute Gasteiger partial charge is 0.272 e. The third kappa shape index (κ3) is 1.25. The molecule has 2 rings (SSSR count). The molecule has 1 heterocycles. The predicted octanol–water partition coefficient (Wildman–Crippen LogP) is 2.54. The molecule has 12 heavy (non-hydrogen) atoms. The third-order valence-electron chi connectivity index (χ3n) is 2.12. The van der Waals surface area contributed by atoms with Crippen LogP contribution in [0.25, 0.3) is 0 Å². The van der Waals surface area contributed by atoms with Crippen molar-refractivity contribution in [1.29, 1.82) is 0 Å². The first-order chi connectivity index (χ1) is 5.77. The van der Waals surface area contributed by atoms with E-state index in [2.05, 4.69) is 30.1 Å². The second-order valence-electron chi connectivity index (χ2n) is 3.08. The highest BCUT2D eigenvalue weighted by Crippen LogP contribution is 2.19. The molecule has 1 aliphatic rings. The van der Waals surface area contributed by atoms with E-state index in [1.54, 1.807) is 0 Å². The molecule has 1 aromatic carbocycles. The van der Waals surface area contributed by atoms with Gasteiger partial charge in [-0.1, -0.05) is 29.3 Å². The van der Waals surface area contributed by atoms with Crippen LogP contribution in [0, 0.1) is 6.92 Å². The number of benzene rings is 1. The average molecular weight is 180 g/mol. The van der Waals surface area contributed by atoms with Gasteiger partial charge in [-0.2, -0.15) is 0 Å². The van der Waals surface area contributed by atoms with Gasteiger partial charge in [0.2, 0.25) is 0 Å². The lowest BCUT2D eigenvalue weighted by Gasteiger charge is -2.12. The van der Waals surface area contributed by atoms with Crippen LogP contribution < -0.4 is 0 Å². The molecule has 1 nitrogen and oxygen atoms in total. The van der Waals surface area contributed by atoms with Gasteiger partial charge in [0.1, 0.15) is 5.17 Å². The molecule has 0 fully saturated rings. The Bertz CT molecular complexity index is 342. The lowest BCUT2D eigenvalue weighted by Crippen LogP contribution is -2.07. The maximum Gasteiger partial charge on any atom is 0.131 e. The number of hydrogen-bond donors (Lipinski definition) is 0. The van der Waals surface area contributed by atoms with E-state index in [0.29, 0.717) is 5.17 Å². The summed E-state index contributed by atoms with van der Waals surface area (Å²) < 4.78 is 0. The van der Waals surface area contributed by atoms with Crippen molar-refractivity contribution in [3.63, 3.8) is 0 Å². The Morgan fingerprint density at radius 1 is 1.42 bits per heavy atom. The molecule has 0 aliphatic carbocycles. The molecule has 0 aromatic heterocycles. The lowest BCUT2D eigenvalue weighted by atomic mass is 10.0. The number of aliphatic imine (C=N–C) groups is 1. The number of aryl methyl sites for hydroxylation is 1. The number of halogens is 1. The quantitative estimate of drug-likeness (QED) is 0.581. The Hall–Kier alpha value is -0.820. The summed E-state index contributed by atoms with van der Waals surface area (Å²) in [6, 6.07) is 6.36. The fourth-order valence-electron chi connectivity index (χ4n) is 1.46. The summed E-state index contributed by atoms with van der Waals surface area (Å²) in [7, 11) is 0. The summed E-state index contributed by atoms with van der Waals surface area (Å²) in [5.74, 6) is 0. The molecule has 0 amide bonds. The second-order valence-corrected chi connectivity index (χ2v) is 3.44. The molecule has 0 saturated carbocycles. The molecule has 1 aliphatic heterocycles. The summed E-state index contributed by atoms with van der Waals surface area (Å²) in [6.45, 7) is 2.90. The minimum atomic E-state index is 0.667. The van der Waals surface area contributed by atoms with Crippen molar-refractivity contribution in [3.05, 3.63) is 34.9 Å². The van der Waals surface area contributed by atoms with E-state index in [4.69, 9.17) is 11.6 Å². The Labute approximate surface area is 77.1 Å². The molecule has 0 N–H and O–H groups in total. The zero-order valence-electron chi connectivity index (χ0n) is 6.97. The van der Waals surface area contributed by atoms with Crippen molar-refractivity contribution in [2.24, 2.45) is 4.99 Å². The Morgan fingerprint density at radius 2 is 2.25 bits per heavy atom. The summed E-state index contributed by atoms with van der Waals surface area (Å²) in [5, 5.41) is 0.667. The highest BCUT2D eigenvalue weighted by atomic mass is 35.5. The molecule has 2 heteroatoms. The van der Waals surface area contributed by atoms with E-state index < -0.39 is 0 Å². The summed E-state index contributed by atoms with van der Waals surface area (Å²) in [4.78, 5) is 4.19. The van der Waals surface area contributed by atoms with Crippen LogP contribution in [0.2, 0.25) is 0 Å². The van der Waals surface area contributed by atoms with Gasteiger partial charge in [-0.15, -0.1) is 0 Å². The van der Waals surface area contributed by atoms with Crippen molar-refractivity contribution < 1.29 is 0 Å². The van der Waals surface area contributed by atoms with E-state index in [1.165, 1.54) is 11.1 Å². The normalized spacial score (nSPS) is 15.3. The van der Waals surface area contributed by atoms with Crippen molar-refractivity contribution in [2.45, 2.75) is 13.3 Å². The van der Waals surface area contributed by atoms with Crippen molar-refractivity contribution >= 4 is 16.8 Å². The first-order valence-electron chi connectivity index (χ1n) is 4.07. The Balaban J connectivity index is 2.58. The van der Waals surface area contributed by atoms with E-state index in [0.717, 1.165) is 18.5 Å². The van der Waals surface area contributed by atoms with E-state index in [9.17, 15) is 0 Å². The first kappa shape index (κ1) is 7.81. The van der Waals surface area contributed by atoms with E-state index in [1.807, 2.05) is 0 Å². The zero-order chi connectivity index (χ0) is 8.55. The highest BCUT2D eigenvalue weighted by Gasteiger charge is 2.11. The van der Waals surface area contributed by atoms with Crippen molar-refractivity contribution in [3.8, 4) is 0 Å². The van der Waals surface area contributed by atoms with Crippen LogP contribution >= 0.6 is 11.6 Å². The van der Waals surface area contributed by atoms with Gasteiger partial charge in [0.25, 0.3) is 0 Å². The topological polar surface area (TPSA) is 12.4 Å². The highest BCUT2D eigenvalue weighted by molar-refractivity contribution is 6.69. The SMILES string of the molecule is Cc1ccc2c(c1)C(Cl)=NCC2. The molecular formula is C10H10ClN. The summed E-state index contributed by atoms with van der Waals surface area (Å²) in [5.41, 5.74) is 3.67. The van der Waals surface area contributed by atoms with Crippen molar-refractivity contribution in [1.82, 2.24) is 0 Å². The molecule has 1 aromatic rings. The lowest BCUT2D eigenvalue weighted by molar-refractivity contribution is 0.948. The molecule has 0 spiro atoms. The standard InChI is InChI=1S/C10H10ClN/c1-7-2-3-8-4-5-12-10(11)9(8)6-7/h2-3,6H,4-5H2,1H3. The summed E-state index contributed by atoms with van der Waals surface area (Å²) >= 11 is 5.97. The molecule has 62 valence electrons. The van der Waals surface area contributed by atoms with Gasteiger partial charge in [-0.05, 0) is 25.0 Å². The van der Waals surface area contributed by atoms with Crippen molar-refractivity contribution in [2.75, 3.05) is 6.54 Å². The van der Waals surface area contributed by atoms with Gasteiger partial charge >= 0.3 is 0 Å². The maximum absolute atomic E-state index is 5.97. The van der Waals surface area contributed by atoms with Crippen LogP contribution in [-0.4, -0.2) is 11.7 Å². The fraction of sp³-hybridized carbons (Fsp3) is 0.300. The zero-order valence-corrected chi connectivity index (χ0v) is 7.73. The van der Waals surface area contributed by atoms with Crippen LogP contribution in [0.4, 0.5) is 0 Å². The smallest absolute Gasteiger partial charge is 0.131 e. The Morgan fingerprint density at radius 3 is 3.08 bits per heavy atom. The van der Waals surface area contributed by atoms with Crippen LogP contribution in [0.15, 0.2) is 23.2 Å². The Kier molecular flexibility index (Phi) is 1.89. The predicted molar refractivity (Wildman–Crippen MR) is 52.1 cm³/mol. The number of nitrogens with zero attached hydrogens (tertiary/aromatic N) is 1. The van der Waals surface area contributed by atoms with Gasteiger partial charge in [0.15, 0.2) is 0 Å².